The molecule has 1 unspecified atom stereocenters. The number of nitrogens with zero attached hydrogens (tertiary/aromatic N) is 2. The van der Waals surface area contributed by atoms with Crippen LogP contribution in [0.25, 0.3) is 6.08 Å². The van der Waals surface area contributed by atoms with Gasteiger partial charge in [0.25, 0.3) is 5.91 Å². The SMILES string of the molecule is O=C(O)/C=C/c1cccc(NC(=O)C(c2ccc(CN3N=C(c4ccccc4)OCC3=O)cc2)C2CCCC2)c1. The predicted molar refractivity (Wildman–Crippen MR) is 152 cm³/mol. The number of carbonyl (C=O) groups excluding carboxylic acids is 2. The predicted octanol–water partition coefficient (Wildman–Crippen LogP) is 5.42. The lowest BCUT2D eigenvalue weighted by atomic mass is 9.83. The number of carbonyl (C=O) groups is 3. The van der Waals surface area contributed by atoms with Crippen LogP contribution in [0.3, 0.4) is 0 Å². The van der Waals surface area contributed by atoms with E-state index in [1.807, 2.05) is 54.6 Å². The molecular weight excluding hydrogens is 506 g/mol. The Balaban J connectivity index is 1.32. The lowest BCUT2D eigenvalue weighted by Crippen LogP contribution is -2.36. The van der Waals surface area contributed by atoms with Crippen molar-refractivity contribution in [1.29, 1.82) is 0 Å². The highest BCUT2D eigenvalue weighted by molar-refractivity contribution is 5.98. The van der Waals surface area contributed by atoms with Crippen LogP contribution in [0.4, 0.5) is 5.69 Å². The first-order valence-corrected chi connectivity index (χ1v) is 13.4. The molecule has 8 nitrogen and oxygen atoms in total. The fourth-order valence-electron chi connectivity index (χ4n) is 5.28. The Morgan fingerprint density at radius 1 is 1.02 bits per heavy atom. The van der Waals surface area contributed by atoms with Crippen LogP contribution < -0.4 is 5.32 Å². The minimum absolute atomic E-state index is 0.0664. The molecule has 204 valence electrons. The Bertz CT molecular complexity index is 1430. The van der Waals surface area contributed by atoms with Crippen LogP contribution in [-0.4, -0.2) is 40.4 Å². The van der Waals surface area contributed by atoms with Crippen molar-refractivity contribution < 1.29 is 24.2 Å². The Labute approximate surface area is 233 Å². The number of hydrazone groups is 1. The van der Waals surface area contributed by atoms with Crippen molar-refractivity contribution in [3.8, 4) is 0 Å². The van der Waals surface area contributed by atoms with Gasteiger partial charge in [0, 0.05) is 17.3 Å². The van der Waals surface area contributed by atoms with Gasteiger partial charge >= 0.3 is 5.97 Å². The molecular formula is C32H31N3O5. The number of ether oxygens (including phenoxy) is 1. The second kappa shape index (κ2) is 12.4. The number of hydrogen-bond donors (Lipinski definition) is 2. The van der Waals surface area contributed by atoms with Gasteiger partial charge in [0.05, 0.1) is 12.5 Å². The number of carboxylic acids is 1. The zero-order valence-electron chi connectivity index (χ0n) is 22.0. The number of carboxylic acid groups (broad SMARTS) is 1. The van der Waals surface area contributed by atoms with Gasteiger partial charge < -0.3 is 15.2 Å². The molecule has 1 aliphatic heterocycles. The van der Waals surface area contributed by atoms with Crippen molar-refractivity contribution in [2.45, 2.75) is 38.1 Å². The first-order chi connectivity index (χ1) is 19.5. The molecule has 0 radical (unpaired) electrons. The van der Waals surface area contributed by atoms with Crippen molar-refractivity contribution >= 4 is 35.4 Å². The van der Waals surface area contributed by atoms with Gasteiger partial charge in [0.15, 0.2) is 6.61 Å². The topological polar surface area (TPSA) is 108 Å². The zero-order valence-corrected chi connectivity index (χ0v) is 22.0. The maximum Gasteiger partial charge on any atom is 0.328 e. The monoisotopic (exact) mass is 537 g/mol. The van der Waals surface area contributed by atoms with E-state index in [1.165, 1.54) is 11.1 Å². The molecule has 0 spiro atoms. The van der Waals surface area contributed by atoms with Crippen LogP contribution in [-0.2, 0) is 25.7 Å². The van der Waals surface area contributed by atoms with Crippen molar-refractivity contribution in [3.05, 3.63) is 107 Å². The minimum Gasteiger partial charge on any atom is -0.478 e. The first kappa shape index (κ1) is 26.9. The van der Waals surface area contributed by atoms with Crippen LogP contribution in [0.2, 0.25) is 0 Å². The van der Waals surface area contributed by atoms with Crippen molar-refractivity contribution in [1.82, 2.24) is 5.01 Å². The van der Waals surface area contributed by atoms with Crippen LogP contribution >= 0.6 is 0 Å². The molecule has 0 bridgehead atoms. The van der Waals surface area contributed by atoms with Gasteiger partial charge in [0.2, 0.25) is 11.8 Å². The smallest absolute Gasteiger partial charge is 0.328 e. The van der Waals surface area contributed by atoms with E-state index in [9.17, 15) is 14.4 Å². The normalized spacial score (nSPS) is 16.4. The second-order valence-corrected chi connectivity index (χ2v) is 10.1. The van der Waals surface area contributed by atoms with Gasteiger partial charge in [0.1, 0.15) is 0 Å². The molecule has 2 N–H and O–H groups in total. The Hall–Kier alpha value is -4.72. The summed E-state index contributed by atoms with van der Waals surface area (Å²) in [5.74, 6) is -0.993. The quantitative estimate of drug-likeness (QED) is 0.355. The highest BCUT2D eigenvalue weighted by Crippen LogP contribution is 2.38. The summed E-state index contributed by atoms with van der Waals surface area (Å²) in [7, 11) is 0. The van der Waals surface area contributed by atoms with Crippen molar-refractivity contribution in [3.63, 3.8) is 0 Å². The highest BCUT2D eigenvalue weighted by atomic mass is 16.5. The Morgan fingerprint density at radius 2 is 1.77 bits per heavy atom. The molecule has 2 aliphatic rings. The number of amides is 2. The highest BCUT2D eigenvalue weighted by Gasteiger charge is 2.32. The van der Waals surface area contributed by atoms with E-state index >= 15 is 0 Å². The molecule has 3 aromatic carbocycles. The fourth-order valence-corrected chi connectivity index (χ4v) is 5.28. The second-order valence-electron chi connectivity index (χ2n) is 10.1. The number of anilines is 1. The van der Waals surface area contributed by atoms with Gasteiger partial charge in [-0.05, 0) is 65.8 Å². The summed E-state index contributed by atoms with van der Waals surface area (Å²) in [6.45, 7) is 0.235. The molecule has 1 aliphatic carbocycles. The van der Waals surface area contributed by atoms with Crippen LogP contribution in [0.15, 0.2) is 90.0 Å². The van der Waals surface area contributed by atoms with Gasteiger partial charge in [-0.25, -0.2) is 9.80 Å². The summed E-state index contributed by atoms with van der Waals surface area (Å²) in [5.41, 5.74) is 3.95. The number of aliphatic carboxylic acids is 1. The minimum atomic E-state index is -1.03. The molecule has 3 aromatic rings. The van der Waals surface area contributed by atoms with Crippen molar-refractivity contribution in [2.24, 2.45) is 11.0 Å². The third-order valence-electron chi connectivity index (χ3n) is 7.25. The third kappa shape index (κ3) is 6.64. The molecule has 8 heteroatoms. The van der Waals surface area contributed by atoms with Gasteiger partial charge in [-0.15, -0.1) is 5.10 Å². The standard InChI is InChI=1S/C32H31N3O5/c36-28-21-40-32(26-10-2-1-3-11-26)34-35(28)20-23-13-16-25(17-14-23)30(24-8-4-5-9-24)31(39)33-27-12-6-7-22(19-27)15-18-29(37)38/h1-3,6-7,10-19,24,30H,4-5,8-9,20-21H2,(H,33,39)(H,37,38)/b18-15+. The van der Waals surface area contributed by atoms with E-state index in [0.717, 1.165) is 48.4 Å². The summed E-state index contributed by atoms with van der Waals surface area (Å²) in [5, 5.41) is 17.8. The van der Waals surface area contributed by atoms with E-state index in [2.05, 4.69) is 10.4 Å². The summed E-state index contributed by atoms with van der Waals surface area (Å²) < 4.78 is 5.54. The zero-order chi connectivity index (χ0) is 27.9. The van der Waals surface area contributed by atoms with Gasteiger partial charge in [-0.3, -0.25) is 9.59 Å². The number of nitrogens with one attached hydrogen (secondary N) is 1. The largest absolute Gasteiger partial charge is 0.478 e. The molecule has 2 amide bonds. The molecule has 0 aromatic heterocycles. The average Bonchev–Trinajstić information content (AvgIpc) is 3.49. The first-order valence-electron chi connectivity index (χ1n) is 13.4. The average molecular weight is 538 g/mol. The summed E-state index contributed by atoms with van der Waals surface area (Å²) >= 11 is 0. The van der Waals surface area contributed by atoms with E-state index in [1.54, 1.807) is 24.3 Å². The number of hydrogen-bond acceptors (Lipinski definition) is 5. The lowest BCUT2D eigenvalue weighted by Gasteiger charge is -2.25. The molecule has 5 rings (SSSR count). The van der Waals surface area contributed by atoms with Gasteiger partial charge in [-0.2, -0.15) is 0 Å². The molecule has 1 saturated carbocycles. The molecule has 0 saturated heterocycles. The lowest BCUT2D eigenvalue weighted by molar-refractivity contribution is -0.136. The van der Waals surface area contributed by atoms with E-state index < -0.39 is 5.97 Å². The van der Waals surface area contributed by atoms with Gasteiger partial charge in [-0.1, -0.05) is 67.4 Å². The fraction of sp³-hybridized carbons (Fsp3) is 0.250. The number of benzene rings is 3. The Morgan fingerprint density at radius 3 is 2.50 bits per heavy atom. The molecule has 1 fully saturated rings. The van der Waals surface area contributed by atoms with E-state index in [0.29, 0.717) is 23.7 Å². The summed E-state index contributed by atoms with van der Waals surface area (Å²) in [6.07, 6.45) is 6.74. The van der Waals surface area contributed by atoms with Crippen LogP contribution in [0.5, 0.6) is 0 Å². The molecule has 1 heterocycles. The summed E-state index contributed by atoms with van der Waals surface area (Å²) in [6, 6.07) is 24.4. The van der Waals surface area contributed by atoms with Crippen molar-refractivity contribution in [2.75, 3.05) is 11.9 Å². The van der Waals surface area contributed by atoms with Crippen LogP contribution in [0.1, 0.15) is 53.9 Å². The van der Waals surface area contributed by atoms with Crippen LogP contribution in [0, 0.1) is 5.92 Å². The summed E-state index contributed by atoms with van der Waals surface area (Å²) in [4.78, 5) is 36.9. The maximum atomic E-state index is 13.6. The number of rotatable bonds is 9. The molecule has 40 heavy (non-hydrogen) atoms. The van der Waals surface area contributed by atoms with E-state index in [-0.39, 0.29) is 30.3 Å². The maximum absolute atomic E-state index is 13.6. The molecule has 1 atom stereocenters. The Kier molecular flexibility index (Phi) is 8.35. The third-order valence-corrected chi connectivity index (χ3v) is 7.25. The van der Waals surface area contributed by atoms with E-state index in [4.69, 9.17) is 9.84 Å².